The average molecular weight is 321 g/mol. The molecule has 0 saturated carbocycles. The van der Waals surface area contributed by atoms with Crippen molar-refractivity contribution >= 4 is 11.6 Å². The lowest BCUT2D eigenvalue weighted by Gasteiger charge is -2.32. The molecule has 0 unspecified atom stereocenters. The number of hydrogen-bond donors (Lipinski definition) is 0. The molecule has 0 nitrogen and oxygen atoms in total. The summed E-state index contributed by atoms with van der Waals surface area (Å²) in [5.74, 6) is 0. The van der Waals surface area contributed by atoms with E-state index in [1.807, 2.05) is 13.8 Å². The predicted octanol–water partition coefficient (Wildman–Crippen LogP) is 7.20. The van der Waals surface area contributed by atoms with Crippen molar-refractivity contribution < 1.29 is 0 Å². The van der Waals surface area contributed by atoms with Crippen LogP contribution in [0.25, 0.3) is 11.6 Å². The van der Waals surface area contributed by atoms with Gasteiger partial charge in [-0.2, -0.15) is 0 Å². The van der Waals surface area contributed by atoms with Crippen LogP contribution in [0.2, 0.25) is 0 Å². The van der Waals surface area contributed by atoms with Gasteiger partial charge in [-0.3, -0.25) is 0 Å². The molecule has 2 aromatic carbocycles. The second-order valence-electron chi connectivity index (χ2n) is 7.35. The number of fused-ring (bicyclic) bond motifs is 1. The predicted molar refractivity (Wildman–Crippen MR) is 108 cm³/mol. The molecule has 2 aromatic rings. The van der Waals surface area contributed by atoms with E-state index in [9.17, 15) is 0 Å². The Bertz CT molecular complexity index is 699. The van der Waals surface area contributed by atoms with Crippen LogP contribution >= 0.6 is 0 Å². The number of allylic oxidation sites excluding steroid dienone is 1. The molecule has 0 aliphatic heterocycles. The highest BCUT2D eigenvalue weighted by atomic mass is 14.3. The molecule has 0 saturated heterocycles. The quantitative estimate of drug-likeness (QED) is 0.513. The zero-order valence-electron chi connectivity index (χ0n) is 16.2. The summed E-state index contributed by atoms with van der Waals surface area (Å²) >= 11 is 0. The van der Waals surface area contributed by atoms with Gasteiger partial charge in [-0.15, -0.1) is 0 Å². The maximum absolute atomic E-state index is 2.41. The van der Waals surface area contributed by atoms with Gasteiger partial charge in [0, 0.05) is 0 Å². The molecule has 3 rings (SSSR count). The van der Waals surface area contributed by atoms with Crippen molar-refractivity contribution in [3.05, 3.63) is 70.3 Å². The Labute approximate surface area is 148 Å². The summed E-state index contributed by atoms with van der Waals surface area (Å²) in [5.41, 5.74) is 8.68. The van der Waals surface area contributed by atoms with Gasteiger partial charge >= 0.3 is 0 Å². The molecule has 0 atom stereocenters. The zero-order valence-corrected chi connectivity index (χ0v) is 16.2. The Balaban J connectivity index is 0.00000100. The molecule has 0 heteroatoms. The number of aryl methyl sites for hydroxylation is 2. The first-order valence-electron chi connectivity index (χ1n) is 9.34. The smallest absolute Gasteiger partial charge is 0.0100 e. The van der Waals surface area contributed by atoms with Crippen LogP contribution in [-0.4, -0.2) is 0 Å². The summed E-state index contributed by atoms with van der Waals surface area (Å²) in [5, 5.41) is 0. The number of benzene rings is 2. The average Bonchev–Trinajstić information content (AvgIpc) is 2.57. The minimum Gasteiger partial charge on any atom is -0.0683 e. The number of hydrogen-bond acceptors (Lipinski definition) is 0. The van der Waals surface area contributed by atoms with Gasteiger partial charge in [-0.05, 0) is 66.4 Å². The first-order chi connectivity index (χ1) is 11.5. The molecule has 0 bridgehead atoms. The Morgan fingerprint density at radius 3 is 2.33 bits per heavy atom. The van der Waals surface area contributed by atoms with Gasteiger partial charge in [0.15, 0.2) is 0 Å². The van der Waals surface area contributed by atoms with Crippen molar-refractivity contribution in [2.75, 3.05) is 0 Å². The van der Waals surface area contributed by atoms with Gasteiger partial charge in [0.2, 0.25) is 0 Å². The lowest BCUT2D eigenvalue weighted by atomic mass is 9.72. The van der Waals surface area contributed by atoms with Crippen LogP contribution in [0.1, 0.15) is 75.3 Å². The topological polar surface area (TPSA) is 0 Å². The van der Waals surface area contributed by atoms with E-state index in [-0.39, 0.29) is 0 Å². The van der Waals surface area contributed by atoms with Crippen LogP contribution in [0.3, 0.4) is 0 Å². The first kappa shape index (κ1) is 18.5. The van der Waals surface area contributed by atoms with Gasteiger partial charge in [-0.1, -0.05) is 81.8 Å². The summed E-state index contributed by atoms with van der Waals surface area (Å²) < 4.78 is 0. The highest BCUT2D eigenvalue weighted by molar-refractivity contribution is 5.80. The fraction of sp³-hybridized carbons (Fsp3) is 0.417. The standard InChI is InChI=1S/C22H26.C2H6/c1-16-7-10-19(11-8-16)17(2)14-18-9-12-20-6-5-13-22(3,4)21(20)15-18;1-2/h7-12,14-15H,5-6,13H2,1-4H3;1-2H3/b17-14+;. The number of rotatable bonds is 2. The van der Waals surface area contributed by atoms with E-state index >= 15 is 0 Å². The summed E-state index contributed by atoms with van der Waals surface area (Å²) in [4.78, 5) is 0. The van der Waals surface area contributed by atoms with E-state index in [2.05, 4.69) is 76.2 Å². The van der Waals surface area contributed by atoms with E-state index in [1.54, 1.807) is 11.1 Å². The molecule has 1 aliphatic rings. The van der Waals surface area contributed by atoms with Crippen LogP contribution in [0.5, 0.6) is 0 Å². The zero-order chi connectivity index (χ0) is 17.7. The summed E-state index contributed by atoms with van der Waals surface area (Å²) in [6, 6.07) is 15.8. The highest BCUT2D eigenvalue weighted by Crippen LogP contribution is 2.37. The van der Waals surface area contributed by atoms with Gasteiger partial charge in [-0.25, -0.2) is 0 Å². The third-order valence-corrected chi connectivity index (χ3v) is 5.00. The second kappa shape index (κ2) is 7.83. The molecule has 0 radical (unpaired) electrons. The van der Waals surface area contributed by atoms with E-state index in [1.165, 1.54) is 41.5 Å². The highest BCUT2D eigenvalue weighted by Gasteiger charge is 2.27. The van der Waals surface area contributed by atoms with Crippen LogP contribution in [-0.2, 0) is 11.8 Å². The lowest BCUT2D eigenvalue weighted by Crippen LogP contribution is -2.23. The normalized spacial score (nSPS) is 16.0. The molecular formula is C24H32. The van der Waals surface area contributed by atoms with Crippen LogP contribution in [0.15, 0.2) is 42.5 Å². The van der Waals surface area contributed by atoms with Crippen molar-refractivity contribution in [3.8, 4) is 0 Å². The molecule has 0 spiro atoms. The first-order valence-corrected chi connectivity index (χ1v) is 9.34. The van der Waals surface area contributed by atoms with Crippen LogP contribution in [0.4, 0.5) is 0 Å². The molecule has 0 fully saturated rings. The van der Waals surface area contributed by atoms with Crippen LogP contribution < -0.4 is 0 Å². The Hall–Kier alpha value is -1.82. The van der Waals surface area contributed by atoms with Crippen LogP contribution in [0, 0.1) is 6.92 Å². The Morgan fingerprint density at radius 2 is 1.67 bits per heavy atom. The second-order valence-corrected chi connectivity index (χ2v) is 7.35. The summed E-state index contributed by atoms with van der Waals surface area (Å²) in [6.45, 7) is 13.1. The van der Waals surface area contributed by atoms with Gasteiger partial charge < -0.3 is 0 Å². The summed E-state index contributed by atoms with van der Waals surface area (Å²) in [6.07, 6.45) is 6.16. The monoisotopic (exact) mass is 320 g/mol. The Kier molecular flexibility index (Phi) is 6.04. The SMILES string of the molecule is C/C(=C\c1ccc2c(c1)C(C)(C)CCC2)c1ccc(C)cc1.CC. The van der Waals surface area contributed by atoms with E-state index in [4.69, 9.17) is 0 Å². The van der Waals surface area contributed by atoms with Gasteiger partial charge in [0.05, 0.1) is 0 Å². The van der Waals surface area contributed by atoms with Crippen molar-refractivity contribution in [1.29, 1.82) is 0 Å². The minimum atomic E-state index is 0.315. The maximum atomic E-state index is 2.41. The largest absolute Gasteiger partial charge is 0.0683 e. The van der Waals surface area contributed by atoms with Crippen molar-refractivity contribution in [2.45, 2.75) is 66.2 Å². The van der Waals surface area contributed by atoms with Gasteiger partial charge in [0.1, 0.15) is 0 Å². The van der Waals surface area contributed by atoms with E-state index < -0.39 is 0 Å². The molecule has 0 heterocycles. The molecule has 128 valence electrons. The minimum absolute atomic E-state index is 0.315. The molecule has 0 aromatic heterocycles. The van der Waals surface area contributed by atoms with Gasteiger partial charge in [0.25, 0.3) is 0 Å². The lowest BCUT2D eigenvalue weighted by molar-refractivity contribution is 0.432. The van der Waals surface area contributed by atoms with Crippen molar-refractivity contribution in [1.82, 2.24) is 0 Å². The fourth-order valence-corrected chi connectivity index (χ4v) is 3.54. The third kappa shape index (κ3) is 4.17. The molecular weight excluding hydrogens is 288 g/mol. The summed E-state index contributed by atoms with van der Waals surface area (Å²) in [7, 11) is 0. The van der Waals surface area contributed by atoms with Crippen molar-refractivity contribution in [3.63, 3.8) is 0 Å². The molecule has 1 aliphatic carbocycles. The molecule has 0 N–H and O–H groups in total. The van der Waals surface area contributed by atoms with Crippen molar-refractivity contribution in [2.24, 2.45) is 0 Å². The fourth-order valence-electron chi connectivity index (χ4n) is 3.54. The molecule has 0 amide bonds. The Morgan fingerprint density at radius 1 is 1.00 bits per heavy atom. The maximum Gasteiger partial charge on any atom is -0.0100 e. The van der Waals surface area contributed by atoms with E-state index in [0.717, 1.165) is 0 Å². The third-order valence-electron chi connectivity index (χ3n) is 5.00. The molecule has 24 heavy (non-hydrogen) atoms. The van der Waals surface area contributed by atoms with E-state index in [0.29, 0.717) is 5.41 Å².